The van der Waals surface area contributed by atoms with E-state index in [1.807, 2.05) is 20.8 Å². The summed E-state index contributed by atoms with van der Waals surface area (Å²) in [5.41, 5.74) is 0. The van der Waals surface area contributed by atoms with Gasteiger partial charge in [-0.15, -0.1) is 24.0 Å². The Hall–Kier alpha value is 0.150. The maximum atomic E-state index is 12.0. The topological polar surface area (TPSA) is 53.5 Å². The van der Waals surface area contributed by atoms with E-state index < -0.39 is 10.8 Å². The van der Waals surface area contributed by atoms with E-state index in [2.05, 4.69) is 36.4 Å². The van der Waals surface area contributed by atoms with Crippen LogP contribution in [0.25, 0.3) is 0 Å². The SMILES string of the molecule is CCNC(=NCCCC(C)C)NCCS(=O)C(C)(C)C.I. The van der Waals surface area contributed by atoms with E-state index in [4.69, 9.17) is 0 Å². The molecule has 2 N–H and O–H groups in total. The standard InChI is InChI=1S/C15H33N3OS.HI/c1-7-16-14(17-10-8-9-13(2)3)18-11-12-20(19)15(4,5)6;/h13H,7-12H2,1-6H3,(H2,16,17,18);1H. The number of guanidine groups is 1. The second-order valence-electron chi connectivity index (χ2n) is 6.39. The van der Waals surface area contributed by atoms with E-state index in [1.54, 1.807) is 0 Å². The summed E-state index contributed by atoms with van der Waals surface area (Å²) in [5.74, 6) is 2.22. The van der Waals surface area contributed by atoms with E-state index in [9.17, 15) is 4.21 Å². The van der Waals surface area contributed by atoms with Crippen molar-refractivity contribution < 1.29 is 4.21 Å². The number of nitrogens with one attached hydrogen (secondary N) is 2. The molecule has 0 saturated carbocycles. The molecule has 0 aliphatic heterocycles. The number of halogens is 1. The van der Waals surface area contributed by atoms with Gasteiger partial charge in [0.15, 0.2) is 5.96 Å². The minimum atomic E-state index is -0.816. The van der Waals surface area contributed by atoms with Crippen molar-refractivity contribution in [3.8, 4) is 0 Å². The van der Waals surface area contributed by atoms with Crippen LogP contribution in [0.5, 0.6) is 0 Å². The molecule has 0 rings (SSSR count). The fourth-order valence-electron chi connectivity index (χ4n) is 1.60. The van der Waals surface area contributed by atoms with Gasteiger partial charge >= 0.3 is 0 Å². The van der Waals surface area contributed by atoms with Crippen LogP contribution in [-0.2, 0) is 10.8 Å². The summed E-state index contributed by atoms with van der Waals surface area (Å²) in [6.07, 6.45) is 2.32. The predicted molar refractivity (Wildman–Crippen MR) is 106 cm³/mol. The van der Waals surface area contributed by atoms with Gasteiger partial charge in [-0.3, -0.25) is 9.20 Å². The molecule has 1 unspecified atom stereocenters. The van der Waals surface area contributed by atoms with Gasteiger partial charge in [-0.1, -0.05) is 13.8 Å². The molecule has 21 heavy (non-hydrogen) atoms. The van der Waals surface area contributed by atoms with E-state index in [1.165, 1.54) is 6.42 Å². The highest BCUT2D eigenvalue weighted by atomic mass is 127. The lowest BCUT2D eigenvalue weighted by Gasteiger charge is -2.18. The third-order valence-corrected chi connectivity index (χ3v) is 4.76. The highest BCUT2D eigenvalue weighted by Gasteiger charge is 2.18. The molecule has 0 aliphatic carbocycles. The Morgan fingerprint density at radius 1 is 1.24 bits per heavy atom. The minimum Gasteiger partial charge on any atom is -0.357 e. The molecule has 0 saturated heterocycles. The van der Waals surface area contributed by atoms with Crippen LogP contribution in [0.4, 0.5) is 0 Å². The van der Waals surface area contributed by atoms with Crippen LogP contribution in [-0.4, -0.2) is 40.3 Å². The largest absolute Gasteiger partial charge is 0.357 e. The first-order valence-electron chi connectivity index (χ1n) is 7.68. The quantitative estimate of drug-likeness (QED) is 0.269. The Kier molecular flexibility index (Phi) is 14.1. The van der Waals surface area contributed by atoms with Crippen molar-refractivity contribution in [2.75, 3.05) is 25.4 Å². The van der Waals surface area contributed by atoms with Gasteiger partial charge in [-0.25, -0.2) is 0 Å². The van der Waals surface area contributed by atoms with Gasteiger partial charge < -0.3 is 10.6 Å². The number of hydrogen-bond acceptors (Lipinski definition) is 2. The van der Waals surface area contributed by atoms with Crippen LogP contribution in [0.3, 0.4) is 0 Å². The van der Waals surface area contributed by atoms with E-state index in [0.29, 0.717) is 12.3 Å². The van der Waals surface area contributed by atoms with Crippen LogP contribution >= 0.6 is 24.0 Å². The van der Waals surface area contributed by atoms with Crippen LogP contribution in [0.2, 0.25) is 0 Å². The van der Waals surface area contributed by atoms with Crippen LogP contribution < -0.4 is 10.6 Å². The van der Waals surface area contributed by atoms with Gasteiger partial charge in [0, 0.05) is 40.9 Å². The lowest BCUT2D eigenvalue weighted by molar-refractivity contribution is 0.560. The highest BCUT2D eigenvalue weighted by Crippen LogP contribution is 2.10. The predicted octanol–water partition coefficient (Wildman–Crippen LogP) is 3.14. The molecular formula is C15H34IN3OS. The highest BCUT2D eigenvalue weighted by molar-refractivity contribution is 14.0. The Labute approximate surface area is 150 Å². The molecule has 4 nitrogen and oxygen atoms in total. The Morgan fingerprint density at radius 3 is 2.33 bits per heavy atom. The molecule has 0 heterocycles. The summed E-state index contributed by atoms with van der Waals surface area (Å²) in [6, 6.07) is 0. The Bertz CT molecular complexity index is 315. The van der Waals surface area contributed by atoms with Gasteiger partial charge in [0.2, 0.25) is 0 Å². The third-order valence-electron chi connectivity index (χ3n) is 2.82. The summed E-state index contributed by atoms with van der Waals surface area (Å²) in [4.78, 5) is 4.54. The van der Waals surface area contributed by atoms with Crippen molar-refractivity contribution in [2.24, 2.45) is 10.9 Å². The van der Waals surface area contributed by atoms with Gasteiger partial charge in [-0.05, 0) is 46.5 Å². The Balaban J connectivity index is 0. The Morgan fingerprint density at radius 2 is 1.86 bits per heavy atom. The van der Waals surface area contributed by atoms with Crippen molar-refractivity contribution in [2.45, 2.75) is 59.1 Å². The fraction of sp³-hybridized carbons (Fsp3) is 0.933. The minimum absolute atomic E-state index is 0. The van der Waals surface area contributed by atoms with E-state index in [-0.39, 0.29) is 28.7 Å². The number of nitrogens with zero attached hydrogens (tertiary/aromatic N) is 1. The summed E-state index contributed by atoms with van der Waals surface area (Å²) in [5, 5.41) is 6.48. The molecule has 6 heteroatoms. The first-order chi connectivity index (χ1) is 9.27. The zero-order chi connectivity index (χ0) is 15.6. The van der Waals surface area contributed by atoms with Gasteiger partial charge in [0.25, 0.3) is 0 Å². The van der Waals surface area contributed by atoms with Crippen molar-refractivity contribution in [1.29, 1.82) is 0 Å². The molecule has 0 spiro atoms. The van der Waals surface area contributed by atoms with E-state index in [0.717, 1.165) is 31.4 Å². The molecule has 0 radical (unpaired) electrons. The second kappa shape index (κ2) is 12.7. The zero-order valence-corrected chi connectivity index (χ0v) is 17.6. The van der Waals surface area contributed by atoms with Crippen molar-refractivity contribution in [1.82, 2.24) is 10.6 Å². The summed E-state index contributed by atoms with van der Waals surface area (Å²) in [7, 11) is -0.816. The molecule has 0 aromatic carbocycles. The molecule has 0 aromatic rings. The summed E-state index contributed by atoms with van der Waals surface area (Å²) < 4.78 is 11.8. The smallest absolute Gasteiger partial charge is 0.191 e. The first-order valence-corrected chi connectivity index (χ1v) is 9.00. The maximum absolute atomic E-state index is 12.0. The summed E-state index contributed by atoms with van der Waals surface area (Å²) in [6.45, 7) is 14.9. The monoisotopic (exact) mass is 431 g/mol. The van der Waals surface area contributed by atoms with Crippen molar-refractivity contribution in [3.05, 3.63) is 0 Å². The number of hydrogen-bond donors (Lipinski definition) is 2. The lowest BCUT2D eigenvalue weighted by atomic mass is 10.1. The molecule has 0 aliphatic rings. The van der Waals surface area contributed by atoms with Crippen molar-refractivity contribution in [3.63, 3.8) is 0 Å². The first kappa shape index (κ1) is 23.4. The van der Waals surface area contributed by atoms with Gasteiger partial charge in [-0.2, -0.15) is 0 Å². The third kappa shape index (κ3) is 13.5. The second-order valence-corrected chi connectivity index (χ2v) is 8.71. The molecular weight excluding hydrogens is 397 g/mol. The molecule has 0 aromatic heterocycles. The fourth-order valence-corrected chi connectivity index (χ4v) is 2.50. The van der Waals surface area contributed by atoms with Crippen molar-refractivity contribution >= 4 is 40.7 Å². The molecule has 1 atom stereocenters. The normalized spacial score (nSPS) is 13.8. The molecule has 0 bridgehead atoms. The lowest BCUT2D eigenvalue weighted by Crippen LogP contribution is -2.40. The molecule has 0 amide bonds. The zero-order valence-electron chi connectivity index (χ0n) is 14.5. The molecule has 0 fully saturated rings. The van der Waals surface area contributed by atoms with Crippen LogP contribution in [0.1, 0.15) is 54.4 Å². The average molecular weight is 431 g/mol. The summed E-state index contributed by atoms with van der Waals surface area (Å²) >= 11 is 0. The van der Waals surface area contributed by atoms with Gasteiger partial charge in [0.1, 0.15) is 0 Å². The maximum Gasteiger partial charge on any atom is 0.191 e. The van der Waals surface area contributed by atoms with Gasteiger partial charge in [0.05, 0.1) is 0 Å². The average Bonchev–Trinajstić information content (AvgIpc) is 2.32. The van der Waals surface area contributed by atoms with Crippen LogP contribution in [0.15, 0.2) is 4.99 Å². The van der Waals surface area contributed by atoms with Crippen LogP contribution in [0, 0.1) is 5.92 Å². The number of aliphatic imine (C=N–C) groups is 1. The number of rotatable bonds is 8. The molecule has 128 valence electrons. The van der Waals surface area contributed by atoms with E-state index >= 15 is 0 Å².